The minimum Gasteiger partial charge on any atom is -0.346 e. The Balaban J connectivity index is 2.03. The molecule has 0 saturated heterocycles. The second kappa shape index (κ2) is 6.35. The summed E-state index contributed by atoms with van der Waals surface area (Å²) < 4.78 is 13.2. The van der Waals surface area contributed by atoms with Crippen LogP contribution in [0.3, 0.4) is 0 Å². The van der Waals surface area contributed by atoms with Gasteiger partial charge in [0, 0.05) is 53.0 Å². The number of para-hydroxylation sites is 1. The highest BCUT2D eigenvalue weighted by molar-refractivity contribution is 7.84. The summed E-state index contributed by atoms with van der Waals surface area (Å²) in [6, 6.07) is 8.50. The lowest BCUT2D eigenvalue weighted by atomic mass is 10.1. The molecular weight excluding hydrogens is 256 g/mol. The van der Waals surface area contributed by atoms with Gasteiger partial charge in [0.1, 0.15) is 0 Å². The smallest absolute Gasteiger partial charge is 0.0483 e. The van der Waals surface area contributed by atoms with E-state index in [-0.39, 0.29) is 0 Å². The van der Waals surface area contributed by atoms with Crippen LogP contribution in [0, 0.1) is 6.92 Å². The molecule has 0 spiro atoms. The second-order valence-corrected chi connectivity index (χ2v) is 6.51. The number of rotatable bonds is 6. The van der Waals surface area contributed by atoms with E-state index in [0.29, 0.717) is 0 Å². The summed E-state index contributed by atoms with van der Waals surface area (Å²) in [5.41, 5.74) is 3.97. The Morgan fingerprint density at radius 2 is 2.05 bits per heavy atom. The van der Waals surface area contributed by atoms with Crippen molar-refractivity contribution < 1.29 is 4.21 Å². The molecule has 2 rings (SSSR count). The highest BCUT2D eigenvalue weighted by Gasteiger charge is 2.10. The van der Waals surface area contributed by atoms with Gasteiger partial charge in [-0.15, -0.1) is 0 Å². The molecule has 0 aliphatic rings. The van der Waals surface area contributed by atoms with E-state index in [2.05, 4.69) is 48.1 Å². The summed E-state index contributed by atoms with van der Waals surface area (Å²) in [7, 11) is 1.44. The van der Waals surface area contributed by atoms with Gasteiger partial charge in [0.25, 0.3) is 0 Å². The summed E-state index contributed by atoms with van der Waals surface area (Å²) in [4.78, 5) is 0. The molecule has 1 aromatic heterocycles. The van der Waals surface area contributed by atoms with Gasteiger partial charge in [-0.1, -0.05) is 18.2 Å². The van der Waals surface area contributed by atoms with Crippen molar-refractivity contribution in [2.75, 3.05) is 18.6 Å². The minimum atomic E-state index is -0.680. The van der Waals surface area contributed by atoms with Crippen LogP contribution in [0.2, 0.25) is 0 Å². The molecule has 1 N–H and O–H groups in total. The molecule has 104 valence electrons. The molecule has 0 aliphatic carbocycles. The first-order valence-electron chi connectivity index (χ1n) is 6.65. The number of fused-ring (bicyclic) bond motifs is 1. The van der Waals surface area contributed by atoms with Crippen molar-refractivity contribution in [3.05, 3.63) is 35.5 Å². The van der Waals surface area contributed by atoms with E-state index in [0.717, 1.165) is 25.3 Å². The van der Waals surface area contributed by atoms with Crippen molar-refractivity contribution in [1.82, 2.24) is 9.88 Å². The van der Waals surface area contributed by atoms with Crippen molar-refractivity contribution in [1.29, 1.82) is 0 Å². The molecule has 0 saturated carbocycles. The molecule has 0 radical (unpaired) electrons. The van der Waals surface area contributed by atoms with Gasteiger partial charge in [-0.25, -0.2) is 0 Å². The molecule has 1 atom stereocenters. The molecule has 1 unspecified atom stereocenters. The number of hydrogen-bond acceptors (Lipinski definition) is 2. The fraction of sp³-hybridized carbons (Fsp3) is 0.467. The lowest BCUT2D eigenvalue weighted by Gasteiger charge is -2.07. The van der Waals surface area contributed by atoms with Crippen LogP contribution in [-0.2, 0) is 24.4 Å². The monoisotopic (exact) mass is 278 g/mol. The summed E-state index contributed by atoms with van der Waals surface area (Å²) >= 11 is 0. The topological polar surface area (TPSA) is 34.0 Å². The predicted octanol–water partition coefficient (Wildman–Crippen LogP) is 2.34. The van der Waals surface area contributed by atoms with E-state index in [9.17, 15) is 4.21 Å². The Morgan fingerprint density at radius 3 is 2.74 bits per heavy atom. The van der Waals surface area contributed by atoms with Gasteiger partial charge >= 0.3 is 0 Å². The zero-order valence-corrected chi connectivity index (χ0v) is 12.7. The Kier molecular flexibility index (Phi) is 4.77. The van der Waals surface area contributed by atoms with Crippen LogP contribution in [0.25, 0.3) is 10.9 Å². The molecule has 0 bridgehead atoms. The van der Waals surface area contributed by atoms with Gasteiger partial charge < -0.3 is 9.88 Å². The van der Waals surface area contributed by atoms with Crippen LogP contribution in [0.15, 0.2) is 24.3 Å². The van der Waals surface area contributed by atoms with Crippen molar-refractivity contribution in [3.8, 4) is 0 Å². The van der Waals surface area contributed by atoms with Gasteiger partial charge in [-0.05, 0) is 31.5 Å². The maximum atomic E-state index is 11.0. The average molecular weight is 278 g/mol. The molecule has 0 amide bonds. The third kappa shape index (κ3) is 3.25. The zero-order valence-electron chi connectivity index (χ0n) is 11.9. The van der Waals surface area contributed by atoms with E-state index in [1.54, 1.807) is 6.26 Å². The van der Waals surface area contributed by atoms with E-state index in [4.69, 9.17) is 0 Å². The van der Waals surface area contributed by atoms with Gasteiger partial charge in [0.2, 0.25) is 0 Å². The van der Waals surface area contributed by atoms with Gasteiger partial charge in [0.05, 0.1) is 0 Å². The van der Waals surface area contributed by atoms with E-state index in [1.165, 1.54) is 22.2 Å². The SMILES string of the molecule is Cc1c(CNCCCS(C)=O)n(C)c2ccccc12. The Hall–Kier alpha value is -1.13. The number of nitrogens with zero attached hydrogens (tertiary/aromatic N) is 1. The van der Waals surface area contributed by atoms with E-state index < -0.39 is 10.8 Å². The summed E-state index contributed by atoms with van der Waals surface area (Å²) in [6.45, 7) is 3.97. The van der Waals surface area contributed by atoms with E-state index in [1.807, 2.05) is 0 Å². The summed E-state index contributed by atoms with van der Waals surface area (Å²) in [6.07, 6.45) is 2.72. The first-order valence-corrected chi connectivity index (χ1v) is 8.37. The highest BCUT2D eigenvalue weighted by atomic mass is 32.2. The zero-order chi connectivity index (χ0) is 13.8. The Bertz CT molecular complexity index is 550. The molecule has 1 heterocycles. The molecular formula is C15H22N2OS. The standard InChI is InChI=1S/C15H22N2OS/c1-12-13-7-4-5-8-14(13)17(2)15(12)11-16-9-6-10-19(3)18/h4-5,7-8,16H,6,9-11H2,1-3H3. The number of hydrogen-bond donors (Lipinski definition) is 1. The number of aromatic nitrogens is 1. The Labute approximate surface area is 117 Å². The minimum absolute atomic E-state index is 0.680. The number of nitrogens with one attached hydrogen (secondary N) is 1. The van der Waals surface area contributed by atoms with Crippen LogP contribution in [-0.4, -0.2) is 27.3 Å². The van der Waals surface area contributed by atoms with Gasteiger partial charge in [-0.2, -0.15) is 0 Å². The normalized spacial score (nSPS) is 13.0. The van der Waals surface area contributed by atoms with Crippen molar-refractivity contribution in [2.45, 2.75) is 19.9 Å². The molecule has 0 fully saturated rings. The third-order valence-electron chi connectivity index (χ3n) is 3.58. The number of aryl methyl sites for hydroxylation is 2. The van der Waals surface area contributed by atoms with Crippen molar-refractivity contribution in [3.63, 3.8) is 0 Å². The first-order chi connectivity index (χ1) is 9.11. The maximum absolute atomic E-state index is 11.0. The molecule has 1 aromatic carbocycles. The predicted molar refractivity (Wildman–Crippen MR) is 82.9 cm³/mol. The maximum Gasteiger partial charge on any atom is 0.0483 e. The number of benzene rings is 1. The Morgan fingerprint density at radius 1 is 1.32 bits per heavy atom. The van der Waals surface area contributed by atoms with Crippen LogP contribution in [0.1, 0.15) is 17.7 Å². The molecule has 2 aromatic rings. The lowest BCUT2D eigenvalue weighted by Crippen LogP contribution is -2.18. The summed E-state index contributed by atoms with van der Waals surface area (Å²) in [5.74, 6) is 0.779. The highest BCUT2D eigenvalue weighted by Crippen LogP contribution is 2.24. The van der Waals surface area contributed by atoms with Crippen LogP contribution >= 0.6 is 0 Å². The van der Waals surface area contributed by atoms with Crippen molar-refractivity contribution >= 4 is 21.7 Å². The van der Waals surface area contributed by atoms with Gasteiger partial charge in [-0.3, -0.25) is 4.21 Å². The first kappa shape index (κ1) is 14.3. The molecule has 0 aliphatic heterocycles. The third-order valence-corrected chi connectivity index (χ3v) is 4.45. The van der Waals surface area contributed by atoms with Crippen molar-refractivity contribution in [2.24, 2.45) is 7.05 Å². The fourth-order valence-corrected chi connectivity index (χ4v) is 3.04. The quantitative estimate of drug-likeness (QED) is 0.823. The van der Waals surface area contributed by atoms with Crippen LogP contribution < -0.4 is 5.32 Å². The summed E-state index contributed by atoms with van der Waals surface area (Å²) in [5, 5.41) is 4.77. The van der Waals surface area contributed by atoms with Gasteiger partial charge in [0.15, 0.2) is 0 Å². The van der Waals surface area contributed by atoms with Crippen LogP contribution in [0.4, 0.5) is 0 Å². The second-order valence-electron chi connectivity index (χ2n) is 4.96. The molecule has 3 nitrogen and oxygen atoms in total. The lowest BCUT2D eigenvalue weighted by molar-refractivity contribution is 0.641. The molecule has 19 heavy (non-hydrogen) atoms. The van der Waals surface area contributed by atoms with Crippen LogP contribution in [0.5, 0.6) is 0 Å². The largest absolute Gasteiger partial charge is 0.346 e. The molecule has 4 heteroatoms. The average Bonchev–Trinajstić information content (AvgIpc) is 2.63. The van der Waals surface area contributed by atoms with E-state index >= 15 is 0 Å². The fourth-order valence-electron chi connectivity index (χ4n) is 2.49.